The van der Waals surface area contributed by atoms with Gasteiger partial charge >= 0.3 is 6.18 Å². The highest BCUT2D eigenvalue weighted by Gasteiger charge is 2.29. The first-order valence-electron chi connectivity index (χ1n) is 8.72. The highest BCUT2D eigenvalue weighted by atomic mass is 19.4. The molecule has 0 aliphatic rings. The molecule has 0 aromatic heterocycles. The number of nitro groups is 1. The number of ether oxygens (including phenoxy) is 1. The van der Waals surface area contributed by atoms with Crippen LogP contribution >= 0.6 is 0 Å². The highest BCUT2D eigenvalue weighted by Crippen LogP contribution is 2.28. The number of benzene rings is 2. The molecule has 1 amide bonds. The van der Waals surface area contributed by atoms with E-state index in [1.54, 1.807) is 25.1 Å². The number of hydrogen-bond donors (Lipinski definition) is 2. The van der Waals surface area contributed by atoms with E-state index in [1.165, 1.54) is 24.3 Å². The van der Waals surface area contributed by atoms with Gasteiger partial charge in [-0.3, -0.25) is 14.9 Å². The van der Waals surface area contributed by atoms with Gasteiger partial charge in [0.05, 0.1) is 10.6 Å². The minimum atomic E-state index is -4.48. The minimum absolute atomic E-state index is 0.0171. The summed E-state index contributed by atoms with van der Waals surface area (Å²) in [6, 6.07) is 10.4. The van der Waals surface area contributed by atoms with Gasteiger partial charge in [0, 0.05) is 30.8 Å². The number of nitrogens with one attached hydrogen (secondary N) is 2. The van der Waals surface area contributed by atoms with E-state index < -0.39 is 17.7 Å². The fourth-order valence-electron chi connectivity index (χ4n) is 2.41. The fraction of sp³-hybridized carbons (Fsp3) is 0.316. The molecule has 2 aromatic carbocycles. The van der Waals surface area contributed by atoms with Gasteiger partial charge in [0.2, 0.25) is 5.91 Å². The Morgan fingerprint density at radius 3 is 2.48 bits per heavy atom. The molecule has 0 aliphatic heterocycles. The number of nitrogens with zero attached hydrogens (tertiary/aromatic N) is 1. The molecule has 0 fully saturated rings. The molecule has 0 bridgehead atoms. The number of aryl methyl sites for hydroxylation is 1. The molecule has 2 aromatic rings. The molecule has 10 heteroatoms. The Bertz CT molecular complexity index is 855. The molecule has 0 atom stereocenters. The van der Waals surface area contributed by atoms with Gasteiger partial charge in [-0.15, -0.1) is 0 Å². The Balaban J connectivity index is 1.82. The third-order valence-corrected chi connectivity index (χ3v) is 3.79. The van der Waals surface area contributed by atoms with E-state index >= 15 is 0 Å². The van der Waals surface area contributed by atoms with Crippen molar-refractivity contribution < 1.29 is 27.6 Å². The first-order chi connectivity index (χ1) is 13.6. The quantitative estimate of drug-likeness (QED) is 0.355. The fourth-order valence-corrected chi connectivity index (χ4v) is 2.41. The van der Waals surface area contributed by atoms with Crippen molar-refractivity contribution in [2.24, 2.45) is 0 Å². The summed E-state index contributed by atoms with van der Waals surface area (Å²) in [5.74, 6) is -0.407. The van der Waals surface area contributed by atoms with Gasteiger partial charge in [-0.1, -0.05) is 6.07 Å². The van der Waals surface area contributed by atoms with Gasteiger partial charge in [0.15, 0.2) is 6.61 Å². The predicted octanol–water partition coefficient (Wildman–Crippen LogP) is 4.68. The molecule has 7 nitrogen and oxygen atoms in total. The zero-order chi connectivity index (χ0) is 21.4. The van der Waals surface area contributed by atoms with Crippen LogP contribution in [0.2, 0.25) is 0 Å². The molecular formula is C19H20F3N3O4. The summed E-state index contributed by atoms with van der Waals surface area (Å²) in [6.07, 6.45) is -3.89. The van der Waals surface area contributed by atoms with Crippen LogP contribution in [0, 0.1) is 17.0 Å². The lowest BCUT2D eigenvalue weighted by molar-refractivity contribution is -0.384. The molecule has 29 heavy (non-hydrogen) atoms. The van der Waals surface area contributed by atoms with Crippen LogP contribution in [0.1, 0.15) is 18.4 Å². The number of non-ortho nitro benzene ring substituents is 1. The summed E-state index contributed by atoms with van der Waals surface area (Å²) in [6.45, 7) is 0.699. The standard InChI is InChI=1S/C19H20F3N3O4/c1-13-4-9-16(17(11-13)29-12-19(20,21)22)24-18(26)3-2-10-23-14-5-7-15(8-6-14)25(27)28/h4-9,11,23H,2-3,10,12H2,1H3,(H,24,26). The molecule has 0 unspecified atom stereocenters. The molecule has 0 heterocycles. The Kier molecular flexibility index (Phi) is 7.40. The number of hydrogen-bond acceptors (Lipinski definition) is 5. The third-order valence-electron chi connectivity index (χ3n) is 3.79. The summed E-state index contributed by atoms with van der Waals surface area (Å²) in [4.78, 5) is 22.2. The van der Waals surface area contributed by atoms with Crippen molar-refractivity contribution >= 4 is 23.0 Å². The van der Waals surface area contributed by atoms with Gasteiger partial charge in [0.1, 0.15) is 5.75 Å². The van der Waals surface area contributed by atoms with E-state index in [9.17, 15) is 28.1 Å². The monoisotopic (exact) mass is 411 g/mol. The average Bonchev–Trinajstić information content (AvgIpc) is 2.65. The molecule has 0 saturated carbocycles. The predicted molar refractivity (Wildman–Crippen MR) is 102 cm³/mol. The summed E-state index contributed by atoms with van der Waals surface area (Å²) in [5.41, 5.74) is 1.54. The molecule has 0 spiro atoms. The second-order valence-electron chi connectivity index (χ2n) is 6.29. The lowest BCUT2D eigenvalue weighted by atomic mass is 10.2. The Morgan fingerprint density at radius 1 is 1.17 bits per heavy atom. The van der Waals surface area contributed by atoms with E-state index in [1.807, 2.05) is 0 Å². The van der Waals surface area contributed by atoms with Crippen molar-refractivity contribution in [3.8, 4) is 5.75 Å². The summed E-state index contributed by atoms with van der Waals surface area (Å²) >= 11 is 0. The third kappa shape index (κ3) is 7.68. The van der Waals surface area contributed by atoms with Crippen molar-refractivity contribution in [1.82, 2.24) is 0 Å². The van der Waals surface area contributed by atoms with Crippen molar-refractivity contribution in [2.75, 3.05) is 23.8 Å². The van der Waals surface area contributed by atoms with Crippen LogP contribution in [0.15, 0.2) is 42.5 Å². The second-order valence-corrected chi connectivity index (χ2v) is 6.29. The van der Waals surface area contributed by atoms with Gasteiger partial charge < -0.3 is 15.4 Å². The van der Waals surface area contributed by atoms with Crippen molar-refractivity contribution in [1.29, 1.82) is 0 Å². The lowest BCUT2D eigenvalue weighted by Crippen LogP contribution is -2.20. The molecule has 0 aliphatic carbocycles. The number of nitro benzene ring substituents is 1. The highest BCUT2D eigenvalue weighted by molar-refractivity contribution is 5.92. The molecule has 156 valence electrons. The maximum absolute atomic E-state index is 12.4. The summed E-state index contributed by atoms with van der Waals surface area (Å²) in [5, 5.41) is 16.2. The average molecular weight is 411 g/mol. The van der Waals surface area contributed by atoms with Gasteiger partial charge in [0.25, 0.3) is 5.69 Å². The molecule has 0 radical (unpaired) electrons. The topological polar surface area (TPSA) is 93.5 Å². The number of carbonyl (C=O) groups excluding carboxylic acids is 1. The van der Waals surface area contributed by atoms with Crippen LogP contribution in [0.3, 0.4) is 0 Å². The maximum Gasteiger partial charge on any atom is 0.422 e. The van der Waals surface area contributed by atoms with E-state index in [0.717, 1.165) is 0 Å². The molecule has 2 rings (SSSR count). The van der Waals surface area contributed by atoms with Crippen molar-refractivity contribution in [3.63, 3.8) is 0 Å². The SMILES string of the molecule is Cc1ccc(NC(=O)CCCNc2ccc([N+](=O)[O-])cc2)c(OCC(F)(F)F)c1. The van der Waals surface area contributed by atoms with Crippen LogP contribution < -0.4 is 15.4 Å². The smallest absolute Gasteiger partial charge is 0.422 e. The normalized spacial score (nSPS) is 11.0. The van der Waals surface area contributed by atoms with Gasteiger partial charge in [-0.25, -0.2) is 0 Å². The van der Waals surface area contributed by atoms with E-state index in [-0.39, 0.29) is 29.5 Å². The maximum atomic E-state index is 12.4. The van der Waals surface area contributed by atoms with Gasteiger partial charge in [-0.2, -0.15) is 13.2 Å². The molecular weight excluding hydrogens is 391 g/mol. The number of anilines is 2. The van der Waals surface area contributed by atoms with Crippen LogP contribution in [-0.4, -0.2) is 30.2 Å². The summed E-state index contributed by atoms with van der Waals surface area (Å²) in [7, 11) is 0. The van der Waals surface area contributed by atoms with Gasteiger partial charge in [-0.05, 0) is 43.2 Å². The molecule has 2 N–H and O–H groups in total. The van der Waals surface area contributed by atoms with Crippen LogP contribution in [-0.2, 0) is 4.79 Å². The van der Waals surface area contributed by atoms with Crippen LogP contribution in [0.5, 0.6) is 5.75 Å². The zero-order valence-electron chi connectivity index (χ0n) is 15.6. The zero-order valence-corrected chi connectivity index (χ0v) is 15.6. The number of alkyl halides is 3. The largest absolute Gasteiger partial charge is 0.482 e. The van der Waals surface area contributed by atoms with Crippen molar-refractivity contribution in [2.45, 2.75) is 25.9 Å². The Labute approximate surface area is 165 Å². The first-order valence-corrected chi connectivity index (χ1v) is 8.72. The van der Waals surface area contributed by atoms with E-state index in [4.69, 9.17) is 4.74 Å². The number of amides is 1. The Hall–Kier alpha value is -3.30. The minimum Gasteiger partial charge on any atom is -0.482 e. The van der Waals surface area contributed by atoms with E-state index in [0.29, 0.717) is 24.2 Å². The summed E-state index contributed by atoms with van der Waals surface area (Å²) < 4.78 is 42.0. The van der Waals surface area contributed by atoms with E-state index in [2.05, 4.69) is 10.6 Å². The lowest BCUT2D eigenvalue weighted by Gasteiger charge is -2.14. The second kappa shape index (κ2) is 9.76. The Morgan fingerprint density at radius 2 is 1.86 bits per heavy atom. The number of halogens is 3. The van der Waals surface area contributed by atoms with Crippen LogP contribution in [0.4, 0.5) is 30.2 Å². The molecule has 0 saturated heterocycles. The first kappa shape index (κ1) is 22.0. The van der Waals surface area contributed by atoms with Crippen molar-refractivity contribution in [3.05, 3.63) is 58.1 Å². The number of carbonyl (C=O) groups is 1. The van der Waals surface area contributed by atoms with Crippen LogP contribution in [0.25, 0.3) is 0 Å². The number of rotatable bonds is 9.